The molecular formula is C12H17ClN2O2S2. The van der Waals surface area contributed by atoms with Crippen molar-refractivity contribution < 1.29 is 8.42 Å². The van der Waals surface area contributed by atoms with Crippen LogP contribution >= 0.6 is 23.4 Å². The molecule has 0 aliphatic carbocycles. The molecular weight excluding hydrogens is 304 g/mol. The summed E-state index contributed by atoms with van der Waals surface area (Å²) in [5, 5.41) is 0.701. The zero-order valence-electron chi connectivity index (χ0n) is 10.9. The van der Waals surface area contributed by atoms with E-state index in [9.17, 15) is 8.42 Å². The summed E-state index contributed by atoms with van der Waals surface area (Å²) < 4.78 is 26.8. The highest BCUT2D eigenvalue weighted by molar-refractivity contribution is 8.00. The molecule has 19 heavy (non-hydrogen) atoms. The first-order valence-corrected chi connectivity index (χ1v) is 8.86. The zero-order chi connectivity index (χ0) is 14.2. The first-order chi connectivity index (χ1) is 8.82. The minimum atomic E-state index is -3.48. The topological polar surface area (TPSA) is 63.4 Å². The third-order valence-corrected chi connectivity index (χ3v) is 6.59. The number of sulfonamides is 1. The molecule has 0 saturated carbocycles. The van der Waals surface area contributed by atoms with Gasteiger partial charge in [-0.2, -0.15) is 16.1 Å². The molecule has 1 atom stereocenters. The monoisotopic (exact) mass is 320 g/mol. The Morgan fingerprint density at radius 2 is 2.16 bits per heavy atom. The molecule has 0 aromatic heterocycles. The van der Waals surface area contributed by atoms with Gasteiger partial charge in [-0.1, -0.05) is 18.5 Å². The van der Waals surface area contributed by atoms with Crippen molar-refractivity contribution >= 4 is 39.1 Å². The van der Waals surface area contributed by atoms with Crippen LogP contribution in [0.25, 0.3) is 0 Å². The molecule has 106 valence electrons. The van der Waals surface area contributed by atoms with Gasteiger partial charge in [0.25, 0.3) is 0 Å². The smallest absolute Gasteiger partial charge is 0.243 e. The van der Waals surface area contributed by atoms with Crippen LogP contribution in [0.5, 0.6) is 0 Å². The molecule has 0 spiro atoms. The van der Waals surface area contributed by atoms with E-state index in [-0.39, 0.29) is 4.90 Å². The number of benzene rings is 1. The van der Waals surface area contributed by atoms with Gasteiger partial charge >= 0.3 is 0 Å². The van der Waals surface area contributed by atoms with E-state index in [0.717, 1.165) is 5.75 Å². The van der Waals surface area contributed by atoms with E-state index in [4.69, 9.17) is 17.3 Å². The van der Waals surface area contributed by atoms with Crippen LogP contribution in [-0.2, 0) is 10.0 Å². The highest BCUT2D eigenvalue weighted by Crippen LogP contribution is 2.30. The predicted octanol–water partition coefficient (Wildman–Crippen LogP) is 2.36. The second kappa shape index (κ2) is 5.52. The van der Waals surface area contributed by atoms with Crippen LogP contribution in [0.15, 0.2) is 17.0 Å². The van der Waals surface area contributed by atoms with Crippen molar-refractivity contribution in [1.29, 1.82) is 0 Å². The number of hydrogen-bond donors (Lipinski definition) is 1. The normalized spacial score (nSPS) is 21.5. The lowest BCUT2D eigenvalue weighted by Crippen LogP contribution is -2.41. The summed E-state index contributed by atoms with van der Waals surface area (Å²) in [6.45, 7) is 4.85. The number of hydrogen-bond acceptors (Lipinski definition) is 4. The molecule has 1 aliphatic rings. The number of rotatable bonds is 2. The number of anilines is 1. The molecule has 2 rings (SSSR count). The number of nitrogens with two attached hydrogens (primary N) is 1. The van der Waals surface area contributed by atoms with Gasteiger partial charge in [0, 0.05) is 24.1 Å². The minimum Gasteiger partial charge on any atom is -0.397 e. The van der Waals surface area contributed by atoms with Crippen LogP contribution in [0.2, 0.25) is 5.02 Å². The minimum absolute atomic E-state index is 0.258. The van der Waals surface area contributed by atoms with Crippen LogP contribution in [-0.4, -0.2) is 36.8 Å². The van der Waals surface area contributed by atoms with Crippen LogP contribution < -0.4 is 5.73 Å². The number of nitrogen functional groups attached to an aromatic ring is 1. The zero-order valence-corrected chi connectivity index (χ0v) is 13.3. The fraction of sp³-hybridized carbons (Fsp3) is 0.500. The maximum absolute atomic E-state index is 12.6. The largest absolute Gasteiger partial charge is 0.397 e. The van der Waals surface area contributed by atoms with Gasteiger partial charge in [-0.05, 0) is 24.6 Å². The Balaban J connectivity index is 2.42. The Hall–Kier alpha value is -0.430. The first kappa shape index (κ1) is 15.0. The molecule has 1 heterocycles. The Kier molecular flexibility index (Phi) is 4.35. The number of thioether (sulfide) groups is 1. The lowest BCUT2D eigenvalue weighted by molar-refractivity contribution is 0.424. The molecule has 1 aliphatic heterocycles. The third-order valence-electron chi connectivity index (χ3n) is 3.12. The van der Waals surface area contributed by atoms with Crippen LogP contribution in [0.1, 0.15) is 12.5 Å². The number of aryl methyl sites for hydroxylation is 1. The van der Waals surface area contributed by atoms with E-state index in [2.05, 4.69) is 0 Å². The molecule has 4 nitrogen and oxygen atoms in total. The van der Waals surface area contributed by atoms with Crippen LogP contribution in [0.3, 0.4) is 0 Å². The van der Waals surface area contributed by atoms with E-state index >= 15 is 0 Å². The lowest BCUT2D eigenvalue weighted by atomic mass is 10.2. The highest BCUT2D eigenvalue weighted by atomic mass is 35.5. The maximum atomic E-state index is 12.6. The summed E-state index contributed by atoms with van der Waals surface area (Å²) in [6.07, 6.45) is 0. The molecule has 0 bridgehead atoms. The van der Waals surface area contributed by atoms with Gasteiger partial charge in [0.2, 0.25) is 10.0 Å². The van der Waals surface area contributed by atoms with Gasteiger partial charge in [0.15, 0.2) is 0 Å². The Labute approximate surface area is 123 Å². The summed E-state index contributed by atoms with van der Waals surface area (Å²) in [4.78, 5) is 0.258. The van der Waals surface area contributed by atoms with Crippen molar-refractivity contribution in [3.05, 3.63) is 22.7 Å². The van der Waals surface area contributed by atoms with Crippen LogP contribution in [0.4, 0.5) is 5.69 Å². The highest BCUT2D eigenvalue weighted by Gasteiger charge is 2.30. The summed E-state index contributed by atoms with van der Waals surface area (Å²) in [6, 6.07) is 3.06. The fourth-order valence-electron chi connectivity index (χ4n) is 2.09. The molecule has 0 amide bonds. The molecule has 1 unspecified atom stereocenters. The summed E-state index contributed by atoms with van der Waals surface area (Å²) in [7, 11) is -3.48. The Bertz CT molecular complexity index is 590. The standard InChI is InChI=1S/C12H17ClN2O2S2/c1-8-5-10(13)11(14)6-12(8)19(16,17)15-3-4-18-9(2)7-15/h5-6,9H,3-4,7,14H2,1-2H3. The second-order valence-electron chi connectivity index (χ2n) is 4.68. The first-order valence-electron chi connectivity index (χ1n) is 5.99. The second-order valence-corrected chi connectivity index (χ2v) is 8.54. The van der Waals surface area contributed by atoms with Crippen molar-refractivity contribution in [2.24, 2.45) is 0 Å². The molecule has 1 fully saturated rings. The summed E-state index contributed by atoms with van der Waals surface area (Å²) in [5.74, 6) is 0.822. The maximum Gasteiger partial charge on any atom is 0.243 e. The van der Waals surface area contributed by atoms with Gasteiger partial charge in [0.1, 0.15) is 0 Å². The van der Waals surface area contributed by atoms with Crippen LogP contribution in [0, 0.1) is 6.92 Å². The van der Waals surface area contributed by atoms with Gasteiger partial charge < -0.3 is 5.73 Å². The Morgan fingerprint density at radius 3 is 2.79 bits per heavy atom. The van der Waals surface area contributed by atoms with Crippen molar-refractivity contribution in [2.45, 2.75) is 24.0 Å². The quantitative estimate of drug-likeness (QED) is 0.850. The molecule has 1 saturated heterocycles. The molecule has 1 aromatic rings. The van der Waals surface area contributed by atoms with Gasteiger partial charge in [-0.25, -0.2) is 8.42 Å². The van der Waals surface area contributed by atoms with E-state index < -0.39 is 10.0 Å². The lowest BCUT2D eigenvalue weighted by Gasteiger charge is -2.30. The summed E-state index contributed by atoms with van der Waals surface area (Å²) >= 11 is 7.70. The number of nitrogens with zero attached hydrogens (tertiary/aromatic N) is 1. The van der Waals surface area contributed by atoms with E-state index in [1.54, 1.807) is 24.8 Å². The van der Waals surface area contributed by atoms with E-state index in [1.165, 1.54) is 10.4 Å². The Morgan fingerprint density at radius 1 is 1.47 bits per heavy atom. The molecule has 2 N–H and O–H groups in total. The molecule has 1 aromatic carbocycles. The van der Waals surface area contributed by atoms with Gasteiger partial charge in [-0.3, -0.25) is 0 Å². The van der Waals surface area contributed by atoms with E-state index in [1.807, 2.05) is 6.92 Å². The van der Waals surface area contributed by atoms with Crippen molar-refractivity contribution in [3.8, 4) is 0 Å². The molecule has 0 radical (unpaired) electrons. The van der Waals surface area contributed by atoms with Crippen molar-refractivity contribution in [2.75, 3.05) is 24.6 Å². The fourth-order valence-corrected chi connectivity index (χ4v) is 5.30. The van der Waals surface area contributed by atoms with Gasteiger partial charge in [-0.15, -0.1) is 0 Å². The predicted molar refractivity (Wildman–Crippen MR) is 81.3 cm³/mol. The van der Waals surface area contributed by atoms with Gasteiger partial charge in [0.05, 0.1) is 15.6 Å². The molecule has 7 heteroatoms. The van der Waals surface area contributed by atoms with E-state index in [0.29, 0.717) is 34.6 Å². The SMILES string of the molecule is Cc1cc(Cl)c(N)cc1S(=O)(=O)N1CCSC(C)C1. The average molecular weight is 321 g/mol. The van der Waals surface area contributed by atoms with Crippen molar-refractivity contribution in [3.63, 3.8) is 0 Å². The average Bonchev–Trinajstić information content (AvgIpc) is 2.33. The van der Waals surface area contributed by atoms with Crippen molar-refractivity contribution in [1.82, 2.24) is 4.31 Å². The third kappa shape index (κ3) is 3.02. The number of halogens is 1. The summed E-state index contributed by atoms with van der Waals surface area (Å²) in [5.41, 5.74) is 6.65.